The minimum atomic E-state index is -0.973. The van der Waals surface area contributed by atoms with Crippen LogP contribution in [0.1, 0.15) is 55.1 Å². The molecule has 0 aliphatic rings. The molecule has 0 spiro atoms. The van der Waals surface area contributed by atoms with E-state index >= 15 is 0 Å². The molecule has 112 valence electrons. The van der Waals surface area contributed by atoms with Gasteiger partial charge in [0.2, 0.25) is 0 Å². The van der Waals surface area contributed by atoms with Crippen molar-refractivity contribution in [2.45, 2.75) is 45.4 Å². The fourth-order valence-electron chi connectivity index (χ4n) is 2.40. The van der Waals surface area contributed by atoms with Gasteiger partial charge >= 0.3 is 5.97 Å². The predicted molar refractivity (Wildman–Crippen MR) is 81.4 cm³/mol. The minimum Gasteiger partial charge on any atom is -0.477 e. The van der Waals surface area contributed by atoms with Crippen LogP contribution in [0.15, 0.2) is 34.9 Å². The van der Waals surface area contributed by atoms with Gasteiger partial charge in [0, 0.05) is 5.56 Å². The molecule has 4 heteroatoms. The van der Waals surface area contributed by atoms with Crippen molar-refractivity contribution in [3.8, 4) is 11.3 Å². The molecule has 0 unspecified atom stereocenters. The number of hydrogen-bond acceptors (Lipinski definition) is 3. The highest BCUT2D eigenvalue weighted by molar-refractivity contribution is 5.95. The molecule has 1 aromatic carbocycles. The van der Waals surface area contributed by atoms with Gasteiger partial charge in [0.05, 0.1) is 5.69 Å². The van der Waals surface area contributed by atoms with Gasteiger partial charge in [-0.15, -0.1) is 0 Å². The number of aryl methyl sites for hydroxylation is 1. The van der Waals surface area contributed by atoms with Crippen LogP contribution in [0.25, 0.3) is 11.3 Å². The van der Waals surface area contributed by atoms with Crippen LogP contribution >= 0.6 is 0 Å². The van der Waals surface area contributed by atoms with Gasteiger partial charge in [-0.3, -0.25) is 0 Å². The van der Waals surface area contributed by atoms with E-state index in [1.54, 1.807) is 0 Å². The van der Waals surface area contributed by atoms with Gasteiger partial charge in [-0.1, -0.05) is 68.1 Å². The fourth-order valence-corrected chi connectivity index (χ4v) is 2.40. The molecule has 0 saturated heterocycles. The second kappa shape index (κ2) is 7.62. The molecule has 2 rings (SSSR count). The third-order valence-corrected chi connectivity index (χ3v) is 3.53. The average Bonchev–Trinajstić information content (AvgIpc) is 2.92. The fraction of sp³-hybridized carbons (Fsp3) is 0.412. The lowest BCUT2D eigenvalue weighted by Crippen LogP contribution is -2.02. The normalized spacial score (nSPS) is 10.7. The molecular formula is C17H21NO3. The van der Waals surface area contributed by atoms with Gasteiger partial charge in [-0.25, -0.2) is 4.79 Å². The second-order valence-electron chi connectivity index (χ2n) is 5.17. The van der Waals surface area contributed by atoms with Gasteiger partial charge < -0.3 is 9.63 Å². The Morgan fingerprint density at radius 1 is 1.14 bits per heavy atom. The first-order valence-electron chi connectivity index (χ1n) is 7.51. The van der Waals surface area contributed by atoms with E-state index in [1.807, 2.05) is 30.3 Å². The number of hydrogen-bond donors (Lipinski definition) is 1. The molecule has 1 aromatic heterocycles. The number of unbranched alkanes of at least 4 members (excludes halogenated alkanes) is 4. The van der Waals surface area contributed by atoms with Crippen molar-refractivity contribution in [3.63, 3.8) is 0 Å². The Morgan fingerprint density at radius 2 is 1.86 bits per heavy atom. The summed E-state index contributed by atoms with van der Waals surface area (Å²) in [5, 5.41) is 13.4. The summed E-state index contributed by atoms with van der Waals surface area (Å²) in [6.07, 6.45) is 6.30. The summed E-state index contributed by atoms with van der Waals surface area (Å²) in [7, 11) is 0. The molecule has 0 aliphatic heterocycles. The van der Waals surface area contributed by atoms with Crippen LogP contribution < -0.4 is 0 Å². The lowest BCUT2D eigenvalue weighted by molar-refractivity contribution is 0.0696. The highest BCUT2D eigenvalue weighted by Crippen LogP contribution is 2.27. The molecule has 0 amide bonds. The third kappa shape index (κ3) is 3.94. The van der Waals surface area contributed by atoms with E-state index in [0.29, 0.717) is 17.9 Å². The Labute approximate surface area is 124 Å². The van der Waals surface area contributed by atoms with Crippen LogP contribution in [-0.2, 0) is 6.42 Å². The van der Waals surface area contributed by atoms with Crippen molar-refractivity contribution in [3.05, 3.63) is 41.6 Å². The van der Waals surface area contributed by atoms with Crippen molar-refractivity contribution in [1.29, 1.82) is 0 Å². The van der Waals surface area contributed by atoms with Crippen LogP contribution in [0.4, 0.5) is 0 Å². The molecule has 0 atom stereocenters. The molecule has 0 fully saturated rings. The summed E-state index contributed by atoms with van der Waals surface area (Å²) < 4.78 is 5.29. The maximum absolute atomic E-state index is 11.5. The van der Waals surface area contributed by atoms with E-state index in [4.69, 9.17) is 4.52 Å². The lowest BCUT2D eigenvalue weighted by atomic mass is 10.0. The van der Waals surface area contributed by atoms with Crippen LogP contribution in [0.5, 0.6) is 0 Å². The predicted octanol–water partition coefficient (Wildman–Crippen LogP) is 4.55. The summed E-state index contributed by atoms with van der Waals surface area (Å²) in [6, 6.07) is 9.26. The highest BCUT2D eigenvalue weighted by Gasteiger charge is 2.22. The Bertz CT molecular complexity index is 575. The zero-order valence-corrected chi connectivity index (χ0v) is 12.3. The van der Waals surface area contributed by atoms with Gasteiger partial charge in [-0.2, -0.15) is 0 Å². The largest absolute Gasteiger partial charge is 0.477 e. The maximum atomic E-state index is 11.5. The summed E-state index contributed by atoms with van der Waals surface area (Å²) in [5.41, 5.74) is 1.51. The number of aromatic carboxylic acids is 1. The van der Waals surface area contributed by atoms with E-state index < -0.39 is 5.97 Å². The maximum Gasteiger partial charge on any atom is 0.341 e. The quantitative estimate of drug-likeness (QED) is 0.723. The molecule has 2 aromatic rings. The number of carboxylic acid groups (broad SMARTS) is 1. The Morgan fingerprint density at radius 3 is 2.52 bits per heavy atom. The molecule has 0 bridgehead atoms. The Hall–Kier alpha value is -2.10. The number of aromatic nitrogens is 1. The van der Waals surface area contributed by atoms with Crippen LogP contribution in [0.3, 0.4) is 0 Å². The van der Waals surface area contributed by atoms with Crippen molar-refractivity contribution in [2.24, 2.45) is 0 Å². The summed E-state index contributed by atoms with van der Waals surface area (Å²) in [5.74, 6) is -0.620. The van der Waals surface area contributed by atoms with Crippen molar-refractivity contribution in [2.75, 3.05) is 0 Å². The van der Waals surface area contributed by atoms with Gasteiger partial charge in [0.15, 0.2) is 5.76 Å². The van der Waals surface area contributed by atoms with Crippen molar-refractivity contribution in [1.82, 2.24) is 5.16 Å². The minimum absolute atomic E-state index is 0.205. The molecule has 1 heterocycles. The standard InChI is InChI=1S/C17H21NO3/c1-2-3-4-5-9-12-14-15(17(19)20)16(21-18-14)13-10-7-6-8-11-13/h6-8,10-11H,2-5,9,12H2,1H3,(H,19,20). The smallest absolute Gasteiger partial charge is 0.341 e. The third-order valence-electron chi connectivity index (χ3n) is 3.53. The Balaban J connectivity index is 2.12. The topological polar surface area (TPSA) is 63.3 Å². The van der Waals surface area contributed by atoms with Crippen LogP contribution in [0.2, 0.25) is 0 Å². The zero-order valence-electron chi connectivity index (χ0n) is 12.3. The van der Waals surface area contributed by atoms with Crippen molar-refractivity contribution < 1.29 is 14.4 Å². The zero-order chi connectivity index (χ0) is 15.1. The molecule has 1 N–H and O–H groups in total. The lowest BCUT2D eigenvalue weighted by Gasteiger charge is -2.00. The number of carbonyl (C=O) groups is 1. The Kier molecular flexibility index (Phi) is 5.55. The van der Waals surface area contributed by atoms with E-state index in [-0.39, 0.29) is 5.56 Å². The second-order valence-corrected chi connectivity index (χ2v) is 5.17. The first kappa shape index (κ1) is 15.3. The highest BCUT2D eigenvalue weighted by atomic mass is 16.5. The summed E-state index contributed by atoms with van der Waals surface area (Å²) in [6.45, 7) is 2.17. The van der Waals surface area contributed by atoms with E-state index in [9.17, 15) is 9.90 Å². The van der Waals surface area contributed by atoms with E-state index in [2.05, 4.69) is 12.1 Å². The molecular weight excluding hydrogens is 266 g/mol. The molecule has 0 radical (unpaired) electrons. The SMILES string of the molecule is CCCCCCCc1noc(-c2ccccc2)c1C(=O)O. The number of rotatable bonds is 8. The monoisotopic (exact) mass is 287 g/mol. The van der Waals surface area contributed by atoms with Crippen LogP contribution in [-0.4, -0.2) is 16.2 Å². The average molecular weight is 287 g/mol. The summed E-state index contributed by atoms with van der Waals surface area (Å²) in [4.78, 5) is 11.5. The van der Waals surface area contributed by atoms with E-state index in [0.717, 1.165) is 18.4 Å². The van der Waals surface area contributed by atoms with Gasteiger partial charge in [0.1, 0.15) is 5.56 Å². The van der Waals surface area contributed by atoms with E-state index in [1.165, 1.54) is 19.3 Å². The van der Waals surface area contributed by atoms with Gasteiger partial charge in [0.25, 0.3) is 0 Å². The number of nitrogens with zero attached hydrogens (tertiary/aromatic N) is 1. The van der Waals surface area contributed by atoms with Crippen LogP contribution in [0, 0.1) is 0 Å². The molecule has 0 aliphatic carbocycles. The summed E-state index contributed by atoms with van der Waals surface area (Å²) >= 11 is 0. The molecule has 4 nitrogen and oxygen atoms in total. The molecule has 21 heavy (non-hydrogen) atoms. The first-order valence-corrected chi connectivity index (χ1v) is 7.51. The van der Waals surface area contributed by atoms with Gasteiger partial charge in [-0.05, 0) is 12.8 Å². The molecule has 0 saturated carbocycles. The number of benzene rings is 1. The van der Waals surface area contributed by atoms with Crippen molar-refractivity contribution >= 4 is 5.97 Å². The first-order chi connectivity index (χ1) is 10.2. The number of carboxylic acids is 1.